The van der Waals surface area contributed by atoms with Crippen molar-refractivity contribution < 1.29 is 9.84 Å². The summed E-state index contributed by atoms with van der Waals surface area (Å²) >= 11 is 5.34. The molecule has 0 spiro atoms. The van der Waals surface area contributed by atoms with Crippen LogP contribution in [0.2, 0.25) is 0 Å². The van der Waals surface area contributed by atoms with E-state index < -0.39 is 6.10 Å². The quantitative estimate of drug-likeness (QED) is 0.832. The molecule has 0 heterocycles. The molecule has 3 heteroatoms. The number of benzene rings is 1. The predicted molar refractivity (Wildman–Crippen MR) is 57.6 cm³/mol. The molecule has 1 N–H and O–H groups in total. The molecule has 1 aromatic rings. The van der Waals surface area contributed by atoms with Gasteiger partial charge in [0.15, 0.2) is 0 Å². The van der Waals surface area contributed by atoms with Crippen molar-refractivity contribution in [3.05, 3.63) is 41.4 Å². The number of halogens is 1. The van der Waals surface area contributed by atoms with Gasteiger partial charge in [-0.2, -0.15) is 0 Å². The number of hydrogen-bond acceptors (Lipinski definition) is 2. The van der Waals surface area contributed by atoms with E-state index in [4.69, 9.17) is 16.3 Å². The van der Waals surface area contributed by atoms with Crippen molar-refractivity contribution in [1.29, 1.82) is 0 Å². The lowest BCUT2D eigenvalue weighted by Crippen LogP contribution is -1.94. The summed E-state index contributed by atoms with van der Waals surface area (Å²) in [7, 11) is 0. The van der Waals surface area contributed by atoms with Crippen LogP contribution in [0.15, 0.2) is 35.9 Å². The fourth-order valence-corrected chi connectivity index (χ4v) is 1.10. The third kappa shape index (κ3) is 3.40. The number of aliphatic hydroxyl groups excluding tert-OH is 1. The van der Waals surface area contributed by atoms with Gasteiger partial charge < -0.3 is 9.84 Å². The SMILES string of the molecule is C[C@@H](O)c1ccc(OCC=CCl)cc1. The zero-order valence-corrected chi connectivity index (χ0v) is 8.74. The van der Waals surface area contributed by atoms with Gasteiger partial charge in [0.25, 0.3) is 0 Å². The Morgan fingerprint density at radius 1 is 1.43 bits per heavy atom. The highest BCUT2D eigenvalue weighted by Gasteiger charge is 1.99. The summed E-state index contributed by atoms with van der Waals surface area (Å²) in [6.45, 7) is 2.18. The first-order chi connectivity index (χ1) is 6.74. The molecular weight excluding hydrogens is 200 g/mol. The molecule has 2 nitrogen and oxygen atoms in total. The molecule has 0 bridgehead atoms. The van der Waals surface area contributed by atoms with Gasteiger partial charge in [0.1, 0.15) is 12.4 Å². The molecule has 14 heavy (non-hydrogen) atoms. The van der Waals surface area contributed by atoms with E-state index in [1.165, 1.54) is 5.54 Å². The van der Waals surface area contributed by atoms with Gasteiger partial charge in [-0.15, -0.1) is 0 Å². The van der Waals surface area contributed by atoms with Crippen LogP contribution in [-0.2, 0) is 0 Å². The van der Waals surface area contributed by atoms with Crippen LogP contribution in [0, 0.1) is 0 Å². The highest BCUT2D eigenvalue weighted by atomic mass is 35.5. The lowest BCUT2D eigenvalue weighted by atomic mass is 10.1. The molecule has 1 atom stereocenters. The van der Waals surface area contributed by atoms with E-state index in [0.717, 1.165) is 11.3 Å². The topological polar surface area (TPSA) is 29.5 Å². The van der Waals surface area contributed by atoms with E-state index in [1.807, 2.05) is 24.3 Å². The number of rotatable bonds is 4. The lowest BCUT2D eigenvalue weighted by Gasteiger charge is -2.06. The van der Waals surface area contributed by atoms with E-state index >= 15 is 0 Å². The Kier molecular flexibility index (Phi) is 4.50. The molecule has 0 aromatic heterocycles. The summed E-state index contributed by atoms with van der Waals surface area (Å²) in [5.41, 5.74) is 2.30. The average molecular weight is 213 g/mol. The molecule has 0 aliphatic rings. The minimum absolute atomic E-state index is 0.438. The van der Waals surface area contributed by atoms with Crippen molar-refractivity contribution in [2.24, 2.45) is 0 Å². The lowest BCUT2D eigenvalue weighted by molar-refractivity contribution is 0.199. The second-order valence-electron chi connectivity index (χ2n) is 2.92. The summed E-state index contributed by atoms with van der Waals surface area (Å²) in [4.78, 5) is 0. The Hall–Kier alpha value is -0.990. The Morgan fingerprint density at radius 2 is 2.07 bits per heavy atom. The molecule has 0 radical (unpaired) electrons. The maximum absolute atomic E-state index is 9.26. The molecule has 0 unspecified atom stereocenters. The number of ether oxygens (including phenoxy) is 1. The molecule has 1 rings (SSSR count). The first-order valence-electron chi connectivity index (χ1n) is 4.40. The van der Waals surface area contributed by atoms with E-state index in [1.54, 1.807) is 13.0 Å². The Morgan fingerprint density at radius 3 is 2.57 bits per heavy atom. The zero-order valence-electron chi connectivity index (χ0n) is 7.98. The van der Waals surface area contributed by atoms with Crippen LogP contribution in [0.1, 0.15) is 18.6 Å². The molecule has 0 amide bonds. The first kappa shape index (κ1) is 11.1. The molecule has 0 saturated carbocycles. The van der Waals surface area contributed by atoms with Gasteiger partial charge in [-0.1, -0.05) is 23.7 Å². The summed E-state index contributed by atoms with van der Waals surface area (Å²) in [5, 5.41) is 9.26. The van der Waals surface area contributed by atoms with Gasteiger partial charge in [0, 0.05) is 5.54 Å². The van der Waals surface area contributed by atoms with Gasteiger partial charge >= 0.3 is 0 Å². The molecule has 76 valence electrons. The second kappa shape index (κ2) is 5.68. The Bertz CT molecular complexity index is 291. The Labute approximate surface area is 88.8 Å². The maximum atomic E-state index is 9.26. The smallest absolute Gasteiger partial charge is 0.119 e. The Balaban J connectivity index is 2.55. The van der Waals surface area contributed by atoms with Crippen molar-refractivity contribution in [2.45, 2.75) is 13.0 Å². The van der Waals surface area contributed by atoms with Crippen molar-refractivity contribution in [1.82, 2.24) is 0 Å². The van der Waals surface area contributed by atoms with Crippen LogP contribution in [0.25, 0.3) is 0 Å². The monoisotopic (exact) mass is 212 g/mol. The second-order valence-corrected chi connectivity index (χ2v) is 3.17. The molecular formula is C11H13ClO2. The molecule has 0 fully saturated rings. The van der Waals surface area contributed by atoms with Crippen molar-refractivity contribution in [3.63, 3.8) is 0 Å². The van der Waals surface area contributed by atoms with Crippen molar-refractivity contribution >= 4 is 11.6 Å². The average Bonchev–Trinajstić information content (AvgIpc) is 2.19. The van der Waals surface area contributed by atoms with E-state index in [-0.39, 0.29) is 0 Å². The normalized spacial score (nSPS) is 13.1. The van der Waals surface area contributed by atoms with Crippen LogP contribution in [0.4, 0.5) is 0 Å². The standard InChI is InChI=1S/C11H13ClO2/c1-9(13)10-3-5-11(6-4-10)14-8-2-7-12/h2-7,9,13H,8H2,1H3/t9-/m1/s1. The number of hydrogen-bond donors (Lipinski definition) is 1. The van der Waals surface area contributed by atoms with Crippen LogP contribution in [-0.4, -0.2) is 11.7 Å². The largest absolute Gasteiger partial charge is 0.490 e. The van der Waals surface area contributed by atoms with Gasteiger partial charge in [0.05, 0.1) is 6.10 Å². The third-order valence-electron chi connectivity index (χ3n) is 1.80. The third-order valence-corrected chi connectivity index (χ3v) is 1.98. The molecule has 0 aliphatic heterocycles. The highest BCUT2D eigenvalue weighted by molar-refractivity contribution is 6.25. The summed E-state index contributed by atoms with van der Waals surface area (Å²) < 4.78 is 5.33. The predicted octanol–water partition coefficient (Wildman–Crippen LogP) is 2.87. The molecule has 1 aromatic carbocycles. The zero-order chi connectivity index (χ0) is 10.4. The fraction of sp³-hybridized carbons (Fsp3) is 0.273. The van der Waals surface area contributed by atoms with E-state index in [0.29, 0.717) is 6.61 Å². The maximum Gasteiger partial charge on any atom is 0.119 e. The number of aliphatic hydroxyl groups is 1. The summed E-state index contributed by atoms with van der Waals surface area (Å²) in [5.74, 6) is 0.768. The van der Waals surface area contributed by atoms with Gasteiger partial charge in [-0.3, -0.25) is 0 Å². The van der Waals surface area contributed by atoms with E-state index in [2.05, 4.69) is 0 Å². The fourth-order valence-electron chi connectivity index (χ4n) is 1.02. The van der Waals surface area contributed by atoms with Crippen LogP contribution in [0.3, 0.4) is 0 Å². The molecule has 0 aliphatic carbocycles. The van der Waals surface area contributed by atoms with Crippen LogP contribution in [0.5, 0.6) is 5.75 Å². The summed E-state index contributed by atoms with van der Waals surface area (Å²) in [6.07, 6.45) is 1.27. The van der Waals surface area contributed by atoms with Crippen molar-refractivity contribution in [2.75, 3.05) is 6.61 Å². The van der Waals surface area contributed by atoms with Gasteiger partial charge in [0.2, 0.25) is 0 Å². The van der Waals surface area contributed by atoms with Crippen LogP contribution >= 0.6 is 11.6 Å². The molecule has 0 saturated heterocycles. The van der Waals surface area contributed by atoms with Crippen LogP contribution < -0.4 is 4.74 Å². The van der Waals surface area contributed by atoms with E-state index in [9.17, 15) is 5.11 Å². The first-order valence-corrected chi connectivity index (χ1v) is 4.83. The summed E-state index contributed by atoms with van der Waals surface area (Å²) in [6, 6.07) is 7.32. The minimum atomic E-state index is -0.438. The minimum Gasteiger partial charge on any atom is -0.490 e. The van der Waals surface area contributed by atoms with Crippen molar-refractivity contribution in [3.8, 4) is 5.75 Å². The highest BCUT2D eigenvalue weighted by Crippen LogP contribution is 2.17. The van der Waals surface area contributed by atoms with Gasteiger partial charge in [-0.05, 0) is 30.7 Å². The van der Waals surface area contributed by atoms with Gasteiger partial charge in [-0.25, -0.2) is 0 Å².